The minimum absolute atomic E-state index is 0.582. The summed E-state index contributed by atoms with van der Waals surface area (Å²) in [6.45, 7) is 5.27. The summed E-state index contributed by atoms with van der Waals surface area (Å²) in [5.74, 6) is 0. The van der Waals surface area contributed by atoms with Gasteiger partial charge in [-0.2, -0.15) is 0 Å². The van der Waals surface area contributed by atoms with E-state index in [0.717, 1.165) is 19.5 Å². The summed E-state index contributed by atoms with van der Waals surface area (Å²) < 4.78 is 0. The molecule has 0 spiro atoms. The molecule has 1 fully saturated rings. The van der Waals surface area contributed by atoms with Crippen molar-refractivity contribution in [1.82, 2.24) is 4.90 Å². The standard InChI is InChI=1S/C16H26N2/c1-2-14-7-9-15(10-8-14)13-18-11-5-3-4-6-16(18)12-17/h7-10,16H,2-6,11-13,17H2,1H3. The van der Waals surface area contributed by atoms with E-state index in [2.05, 4.69) is 36.1 Å². The van der Waals surface area contributed by atoms with Crippen molar-refractivity contribution >= 4 is 0 Å². The van der Waals surface area contributed by atoms with Crippen molar-refractivity contribution in [3.05, 3.63) is 35.4 Å². The first kappa shape index (κ1) is 13.6. The Kier molecular flexibility index (Phi) is 5.21. The van der Waals surface area contributed by atoms with Gasteiger partial charge in [0, 0.05) is 19.1 Å². The molecule has 1 aliphatic rings. The van der Waals surface area contributed by atoms with Crippen LogP contribution in [0.3, 0.4) is 0 Å². The smallest absolute Gasteiger partial charge is 0.0237 e. The van der Waals surface area contributed by atoms with Gasteiger partial charge in [0.25, 0.3) is 0 Å². The maximum absolute atomic E-state index is 5.92. The number of aryl methyl sites for hydroxylation is 1. The van der Waals surface area contributed by atoms with Crippen LogP contribution in [0, 0.1) is 0 Å². The van der Waals surface area contributed by atoms with E-state index < -0.39 is 0 Å². The molecule has 0 aliphatic carbocycles. The average Bonchev–Trinajstić information content (AvgIpc) is 2.64. The molecule has 2 nitrogen and oxygen atoms in total. The number of hydrogen-bond donors (Lipinski definition) is 1. The minimum Gasteiger partial charge on any atom is -0.329 e. The van der Waals surface area contributed by atoms with Gasteiger partial charge in [-0.05, 0) is 36.9 Å². The van der Waals surface area contributed by atoms with Crippen molar-refractivity contribution in [2.75, 3.05) is 13.1 Å². The quantitative estimate of drug-likeness (QED) is 0.885. The van der Waals surface area contributed by atoms with Crippen LogP contribution in [-0.4, -0.2) is 24.0 Å². The van der Waals surface area contributed by atoms with E-state index in [0.29, 0.717) is 6.04 Å². The maximum atomic E-state index is 5.92. The van der Waals surface area contributed by atoms with E-state index in [4.69, 9.17) is 5.73 Å². The third-order valence-corrected chi connectivity index (χ3v) is 4.09. The highest BCUT2D eigenvalue weighted by Crippen LogP contribution is 2.19. The summed E-state index contributed by atoms with van der Waals surface area (Å²) in [6, 6.07) is 9.64. The molecule has 2 N–H and O–H groups in total. The fourth-order valence-corrected chi connectivity index (χ4v) is 2.83. The Labute approximate surface area is 111 Å². The van der Waals surface area contributed by atoms with Gasteiger partial charge >= 0.3 is 0 Å². The lowest BCUT2D eigenvalue weighted by atomic mass is 10.1. The van der Waals surface area contributed by atoms with Crippen LogP contribution in [0.1, 0.15) is 43.7 Å². The van der Waals surface area contributed by atoms with Crippen LogP contribution in [0.5, 0.6) is 0 Å². The van der Waals surface area contributed by atoms with E-state index in [1.807, 2.05) is 0 Å². The van der Waals surface area contributed by atoms with Gasteiger partial charge in [-0.15, -0.1) is 0 Å². The Morgan fingerprint density at radius 1 is 1.11 bits per heavy atom. The third-order valence-electron chi connectivity index (χ3n) is 4.09. The highest BCUT2D eigenvalue weighted by atomic mass is 15.2. The average molecular weight is 246 g/mol. The Hall–Kier alpha value is -0.860. The van der Waals surface area contributed by atoms with Crippen LogP contribution in [-0.2, 0) is 13.0 Å². The largest absolute Gasteiger partial charge is 0.329 e. The summed E-state index contributed by atoms with van der Waals surface area (Å²) in [4.78, 5) is 2.58. The molecule has 100 valence electrons. The third kappa shape index (κ3) is 3.56. The predicted molar refractivity (Wildman–Crippen MR) is 77.5 cm³/mol. The monoisotopic (exact) mass is 246 g/mol. The Morgan fingerprint density at radius 3 is 2.50 bits per heavy atom. The zero-order valence-corrected chi connectivity index (χ0v) is 11.6. The predicted octanol–water partition coefficient (Wildman–Crippen LogP) is 2.95. The lowest BCUT2D eigenvalue weighted by Crippen LogP contribution is -2.39. The Bertz CT molecular complexity index is 345. The fraction of sp³-hybridized carbons (Fsp3) is 0.625. The first-order valence-electron chi connectivity index (χ1n) is 7.35. The summed E-state index contributed by atoms with van der Waals surface area (Å²) in [5, 5.41) is 0. The highest BCUT2D eigenvalue weighted by molar-refractivity contribution is 5.22. The molecule has 0 radical (unpaired) electrons. The van der Waals surface area contributed by atoms with E-state index in [-0.39, 0.29) is 0 Å². The van der Waals surface area contributed by atoms with Crippen molar-refractivity contribution in [2.24, 2.45) is 5.73 Å². The first-order valence-corrected chi connectivity index (χ1v) is 7.35. The maximum Gasteiger partial charge on any atom is 0.0237 e. The van der Waals surface area contributed by atoms with Gasteiger partial charge < -0.3 is 5.73 Å². The van der Waals surface area contributed by atoms with E-state index in [1.54, 1.807) is 0 Å². The molecule has 0 bridgehead atoms. The minimum atomic E-state index is 0.582. The van der Waals surface area contributed by atoms with Crippen LogP contribution < -0.4 is 5.73 Å². The molecule has 1 aliphatic heterocycles. The van der Waals surface area contributed by atoms with E-state index in [1.165, 1.54) is 43.4 Å². The topological polar surface area (TPSA) is 29.3 Å². The van der Waals surface area contributed by atoms with Gasteiger partial charge in [0.2, 0.25) is 0 Å². The molecule has 1 atom stereocenters. The summed E-state index contributed by atoms with van der Waals surface area (Å²) in [6.07, 6.45) is 6.41. The fourth-order valence-electron chi connectivity index (χ4n) is 2.83. The highest BCUT2D eigenvalue weighted by Gasteiger charge is 2.19. The van der Waals surface area contributed by atoms with Crippen molar-refractivity contribution in [3.8, 4) is 0 Å². The summed E-state index contributed by atoms with van der Waals surface area (Å²) in [5.41, 5.74) is 8.77. The molecule has 0 aromatic heterocycles. The zero-order chi connectivity index (χ0) is 12.8. The molecule has 1 saturated heterocycles. The van der Waals surface area contributed by atoms with Crippen LogP contribution in [0.15, 0.2) is 24.3 Å². The number of likely N-dealkylation sites (tertiary alicyclic amines) is 1. The SMILES string of the molecule is CCc1ccc(CN2CCCCCC2CN)cc1. The second-order valence-electron chi connectivity index (χ2n) is 5.38. The Morgan fingerprint density at radius 2 is 1.83 bits per heavy atom. The van der Waals surface area contributed by atoms with Crippen molar-refractivity contribution in [2.45, 2.75) is 51.6 Å². The van der Waals surface area contributed by atoms with Gasteiger partial charge in [-0.1, -0.05) is 44.0 Å². The number of rotatable bonds is 4. The lowest BCUT2D eigenvalue weighted by molar-refractivity contribution is 0.196. The number of nitrogens with zero attached hydrogens (tertiary/aromatic N) is 1. The molecule has 1 unspecified atom stereocenters. The van der Waals surface area contributed by atoms with Crippen molar-refractivity contribution in [1.29, 1.82) is 0 Å². The normalized spacial score (nSPS) is 21.8. The molecule has 2 heteroatoms. The van der Waals surface area contributed by atoms with Crippen LogP contribution in [0.2, 0.25) is 0 Å². The van der Waals surface area contributed by atoms with Gasteiger partial charge in [-0.25, -0.2) is 0 Å². The molecule has 1 aromatic carbocycles. The molecule has 18 heavy (non-hydrogen) atoms. The number of nitrogens with two attached hydrogens (primary N) is 1. The zero-order valence-electron chi connectivity index (χ0n) is 11.6. The number of hydrogen-bond acceptors (Lipinski definition) is 2. The molecular weight excluding hydrogens is 220 g/mol. The van der Waals surface area contributed by atoms with Gasteiger partial charge in [-0.3, -0.25) is 4.90 Å². The molecular formula is C16H26N2. The van der Waals surface area contributed by atoms with Gasteiger partial charge in [0.05, 0.1) is 0 Å². The summed E-state index contributed by atoms with van der Waals surface area (Å²) >= 11 is 0. The van der Waals surface area contributed by atoms with Crippen LogP contribution in [0.4, 0.5) is 0 Å². The molecule has 0 saturated carbocycles. The summed E-state index contributed by atoms with van der Waals surface area (Å²) in [7, 11) is 0. The molecule has 1 aromatic rings. The van der Waals surface area contributed by atoms with Crippen LogP contribution in [0.25, 0.3) is 0 Å². The second-order valence-corrected chi connectivity index (χ2v) is 5.38. The Balaban J connectivity index is 2.00. The van der Waals surface area contributed by atoms with Gasteiger partial charge in [0.15, 0.2) is 0 Å². The lowest BCUT2D eigenvalue weighted by Gasteiger charge is -2.29. The van der Waals surface area contributed by atoms with Crippen molar-refractivity contribution < 1.29 is 0 Å². The van der Waals surface area contributed by atoms with Gasteiger partial charge in [0.1, 0.15) is 0 Å². The van der Waals surface area contributed by atoms with Crippen molar-refractivity contribution in [3.63, 3.8) is 0 Å². The number of benzene rings is 1. The molecule has 1 heterocycles. The molecule has 0 amide bonds. The first-order chi connectivity index (χ1) is 8.83. The molecule has 2 rings (SSSR count). The van der Waals surface area contributed by atoms with Crippen LogP contribution >= 0.6 is 0 Å². The van der Waals surface area contributed by atoms with E-state index in [9.17, 15) is 0 Å². The second kappa shape index (κ2) is 6.91. The van der Waals surface area contributed by atoms with E-state index >= 15 is 0 Å².